The number of hydrogen-bond donors (Lipinski definition) is 13. The molecular formula is C56H69N11O10S. The lowest BCUT2D eigenvalue weighted by molar-refractivity contribution is -0.142. The quantitative estimate of drug-likeness (QED) is 0.0288. The van der Waals surface area contributed by atoms with Crippen LogP contribution in [0.25, 0.3) is 21.8 Å². The second kappa shape index (κ2) is 29.3. The molecule has 0 aliphatic rings. The number of thioether (sulfide) groups is 1. The van der Waals surface area contributed by atoms with Crippen molar-refractivity contribution in [2.24, 2.45) is 11.5 Å². The molecule has 0 unspecified atom stereocenters. The van der Waals surface area contributed by atoms with Crippen LogP contribution in [0.5, 0.6) is 5.75 Å². The highest BCUT2D eigenvalue weighted by molar-refractivity contribution is 7.98. The maximum absolute atomic E-state index is 14.9. The molecule has 0 aliphatic heterocycles. The average molecular weight is 1090 g/mol. The van der Waals surface area contributed by atoms with E-state index in [-0.39, 0.29) is 57.4 Å². The third-order valence-corrected chi connectivity index (χ3v) is 13.8. The minimum absolute atomic E-state index is 0.0402. The number of phenolic OH excluding ortho intramolecular Hbond substituents is 1. The molecule has 0 aliphatic carbocycles. The maximum Gasteiger partial charge on any atom is 0.326 e. The van der Waals surface area contributed by atoms with Gasteiger partial charge in [-0.15, -0.1) is 0 Å². The number of fused-ring (bicyclic) bond motifs is 2. The number of nitrogens with two attached hydrogens (primary N) is 2. The molecule has 21 nitrogen and oxygen atoms in total. The molecule has 0 saturated heterocycles. The molecule has 2 heterocycles. The van der Waals surface area contributed by atoms with Gasteiger partial charge in [-0.05, 0) is 97.7 Å². The second-order valence-corrected chi connectivity index (χ2v) is 19.9. The number of H-pyrrole nitrogens is 2. The van der Waals surface area contributed by atoms with E-state index in [2.05, 4.69) is 47.2 Å². The summed E-state index contributed by atoms with van der Waals surface area (Å²) < 4.78 is 0. The van der Waals surface area contributed by atoms with Gasteiger partial charge in [0, 0.05) is 59.9 Å². The summed E-state index contributed by atoms with van der Waals surface area (Å²) in [7, 11) is 0. The number of para-hydroxylation sites is 2. The van der Waals surface area contributed by atoms with E-state index in [1.54, 1.807) is 54.9 Å². The Hall–Kier alpha value is -8.21. The van der Waals surface area contributed by atoms with Gasteiger partial charge in [0.1, 0.15) is 48.0 Å². The van der Waals surface area contributed by atoms with Gasteiger partial charge in [-0.25, -0.2) is 4.79 Å². The summed E-state index contributed by atoms with van der Waals surface area (Å²) in [5.41, 5.74) is 15.3. The first kappa shape index (κ1) is 59.0. The van der Waals surface area contributed by atoms with Crippen molar-refractivity contribution in [3.63, 3.8) is 0 Å². The number of carbonyl (C=O) groups excluding carboxylic acids is 7. The molecule has 4 aromatic carbocycles. The fourth-order valence-corrected chi connectivity index (χ4v) is 9.34. The number of carboxylic acids is 1. The number of rotatable bonds is 30. The first-order valence-electron chi connectivity index (χ1n) is 25.7. The van der Waals surface area contributed by atoms with Crippen LogP contribution in [0.1, 0.15) is 54.9 Å². The van der Waals surface area contributed by atoms with Crippen molar-refractivity contribution < 1.29 is 48.6 Å². The number of nitrogens with one attached hydrogen (secondary N) is 9. The molecule has 0 bridgehead atoms. The minimum Gasteiger partial charge on any atom is -0.508 e. The zero-order valence-electron chi connectivity index (χ0n) is 43.5. The van der Waals surface area contributed by atoms with Crippen LogP contribution in [0.4, 0.5) is 0 Å². The highest BCUT2D eigenvalue weighted by Crippen LogP contribution is 2.22. The summed E-state index contributed by atoms with van der Waals surface area (Å²) in [5.74, 6) is -5.95. The number of aromatic nitrogens is 2. The predicted octanol–water partition coefficient (Wildman–Crippen LogP) is 1.96. The number of amides is 7. The number of aromatic amines is 2. The highest BCUT2D eigenvalue weighted by Gasteiger charge is 2.35. The summed E-state index contributed by atoms with van der Waals surface area (Å²) >= 11 is 1.45. The van der Waals surface area contributed by atoms with E-state index in [0.717, 1.165) is 21.8 Å². The Morgan fingerprint density at radius 3 is 1.50 bits per heavy atom. The number of unbranched alkanes of at least 4 members (excludes halogenated alkanes) is 1. The van der Waals surface area contributed by atoms with Gasteiger partial charge in [0.15, 0.2) is 0 Å². The van der Waals surface area contributed by atoms with Crippen LogP contribution in [-0.4, -0.2) is 135 Å². The first-order chi connectivity index (χ1) is 37.6. The third kappa shape index (κ3) is 17.1. The van der Waals surface area contributed by atoms with Crippen molar-refractivity contribution in [1.29, 1.82) is 0 Å². The Bertz CT molecular complexity index is 3010. The van der Waals surface area contributed by atoms with Gasteiger partial charge in [0.05, 0.1) is 6.54 Å². The SMILES string of the molecule is CSCC[C@H](NC(=O)CN)C(=O)N[C@@H](C)C(=O)N[C@@H](Cc1ccc(O)cc1)C(=O)N[C@H](Cc1c[nH]c2ccccc12)C(=O)N[C@H](CCCCN)C(=O)N[C@@H](Cc1c[nH]c2ccccc12)C(=O)N[C@H](Cc1ccccc1)C(=O)O. The van der Waals surface area contributed by atoms with E-state index in [1.165, 1.54) is 30.8 Å². The lowest BCUT2D eigenvalue weighted by Gasteiger charge is -2.28. The molecule has 0 radical (unpaired) electrons. The second-order valence-electron chi connectivity index (χ2n) is 19.0. The number of aliphatic carboxylic acids is 1. The average Bonchev–Trinajstić information content (AvgIpc) is 4.06. The molecular weight excluding hydrogens is 1020 g/mol. The normalized spacial score (nSPS) is 13.9. The summed E-state index contributed by atoms with van der Waals surface area (Å²) in [4.78, 5) is 117. The van der Waals surface area contributed by atoms with Crippen molar-refractivity contribution in [2.45, 2.75) is 101 Å². The van der Waals surface area contributed by atoms with Crippen molar-refractivity contribution in [3.8, 4) is 5.75 Å². The van der Waals surface area contributed by atoms with E-state index in [0.29, 0.717) is 40.8 Å². The summed E-state index contributed by atoms with van der Waals surface area (Å²) in [6.45, 7) is 1.32. The molecule has 414 valence electrons. The van der Waals surface area contributed by atoms with Gasteiger partial charge in [-0.3, -0.25) is 33.6 Å². The first-order valence-corrected chi connectivity index (χ1v) is 27.1. The molecule has 78 heavy (non-hydrogen) atoms. The molecule has 6 rings (SSSR count). The Morgan fingerprint density at radius 1 is 0.513 bits per heavy atom. The molecule has 15 N–H and O–H groups in total. The minimum atomic E-state index is -1.40. The fourth-order valence-electron chi connectivity index (χ4n) is 8.87. The number of aromatic hydroxyl groups is 1. The van der Waals surface area contributed by atoms with Crippen molar-refractivity contribution >= 4 is 80.9 Å². The van der Waals surface area contributed by atoms with Gasteiger partial charge >= 0.3 is 5.97 Å². The standard InChI is InChI=1S/C56H69N11O10S/c1-33(61-51(71)44(23-25-78-2)62-49(69)30-58)50(70)64-45(26-35-19-21-38(68)22-20-35)53(73)66-46(28-36-31-59-41-16-8-6-14-39(36)41)54(74)63-43(18-10-11-24-57)52(72)65-47(29-37-32-60-42-17-9-7-15-40(37)42)55(75)67-48(56(76)77)27-34-12-4-3-5-13-34/h3-9,12-17,19-22,31-33,43-48,59-60,68H,10-11,18,23-30,57-58H2,1-2H3,(H,61,71)(H,62,69)(H,63,74)(H,64,70)(H,65,72)(H,66,73)(H,67,75)(H,76,77)/t33-,43+,44-,45-,46+,47-,48+/m0/s1. The van der Waals surface area contributed by atoms with Gasteiger partial charge in [-0.2, -0.15) is 11.8 Å². The number of carboxylic acid groups (broad SMARTS) is 1. The zero-order valence-corrected chi connectivity index (χ0v) is 44.3. The summed E-state index contributed by atoms with van der Waals surface area (Å²) in [6.07, 6.45) is 6.00. The molecule has 6 aromatic rings. The van der Waals surface area contributed by atoms with Crippen LogP contribution in [0, 0.1) is 0 Å². The lowest BCUT2D eigenvalue weighted by atomic mass is 10.00. The molecule has 7 amide bonds. The van der Waals surface area contributed by atoms with E-state index in [9.17, 15) is 48.6 Å². The number of hydrogen-bond acceptors (Lipinski definition) is 12. The van der Waals surface area contributed by atoms with E-state index in [4.69, 9.17) is 11.5 Å². The van der Waals surface area contributed by atoms with Gasteiger partial charge < -0.3 is 68.9 Å². The molecule has 0 fully saturated rings. The monoisotopic (exact) mass is 1090 g/mol. The number of carbonyl (C=O) groups is 8. The van der Waals surface area contributed by atoms with Crippen LogP contribution in [0.2, 0.25) is 0 Å². The van der Waals surface area contributed by atoms with E-state index in [1.807, 2.05) is 54.8 Å². The van der Waals surface area contributed by atoms with Gasteiger partial charge in [0.25, 0.3) is 0 Å². The van der Waals surface area contributed by atoms with Crippen LogP contribution in [-0.2, 0) is 64.0 Å². The number of phenols is 1. The van der Waals surface area contributed by atoms with Crippen LogP contribution >= 0.6 is 11.8 Å². The lowest BCUT2D eigenvalue weighted by Crippen LogP contribution is -2.60. The van der Waals surface area contributed by atoms with E-state index >= 15 is 0 Å². The van der Waals surface area contributed by atoms with Crippen molar-refractivity contribution in [2.75, 3.05) is 25.1 Å². The molecule has 2 aromatic heterocycles. The van der Waals surface area contributed by atoms with E-state index < -0.39 is 89.6 Å². The predicted molar refractivity (Wildman–Crippen MR) is 298 cm³/mol. The van der Waals surface area contributed by atoms with Crippen LogP contribution in [0.15, 0.2) is 116 Å². The largest absolute Gasteiger partial charge is 0.508 e. The maximum atomic E-state index is 14.9. The highest BCUT2D eigenvalue weighted by atomic mass is 32.2. The molecule has 22 heteroatoms. The molecule has 0 saturated carbocycles. The topological polar surface area (TPSA) is 345 Å². The zero-order chi connectivity index (χ0) is 56.1. The molecule has 7 atom stereocenters. The summed E-state index contributed by atoms with van der Waals surface area (Å²) in [6, 6.07) is 20.4. The third-order valence-electron chi connectivity index (χ3n) is 13.1. The Morgan fingerprint density at radius 2 is 0.962 bits per heavy atom. The van der Waals surface area contributed by atoms with Gasteiger partial charge in [-0.1, -0.05) is 78.9 Å². The van der Waals surface area contributed by atoms with Crippen LogP contribution < -0.4 is 48.7 Å². The smallest absolute Gasteiger partial charge is 0.326 e. The molecule has 0 spiro atoms. The van der Waals surface area contributed by atoms with Crippen molar-refractivity contribution in [1.82, 2.24) is 47.2 Å². The Kier molecular flexibility index (Phi) is 22.2. The fraction of sp³-hybridized carbons (Fsp3) is 0.357. The van der Waals surface area contributed by atoms with Crippen LogP contribution in [0.3, 0.4) is 0 Å². The summed E-state index contributed by atoms with van der Waals surface area (Å²) in [5, 5.41) is 40.8. The Labute approximate surface area is 455 Å². The Balaban J connectivity index is 1.29. The van der Waals surface area contributed by atoms with Crippen molar-refractivity contribution in [3.05, 3.63) is 138 Å². The van der Waals surface area contributed by atoms with Gasteiger partial charge in [0.2, 0.25) is 41.4 Å². The number of benzene rings is 4.